The van der Waals surface area contributed by atoms with E-state index < -0.39 is 24.1 Å². The summed E-state index contributed by atoms with van der Waals surface area (Å²) in [5.41, 5.74) is 0. The maximum absolute atomic E-state index is 10.5. The third kappa shape index (κ3) is 15.4. The standard InChI is InChI=1S/C6H12O4.C3H4O2/c1-4(7)3-10-6(9)5(2)8;1-2-3(4)5/h4-5,7-8H,3H2,1-2H3;2H,1H2,(H,4,5). The van der Waals surface area contributed by atoms with Crippen molar-refractivity contribution in [2.45, 2.75) is 26.1 Å². The van der Waals surface area contributed by atoms with Crippen LogP contribution >= 0.6 is 0 Å². The zero-order valence-electron chi connectivity index (χ0n) is 8.71. The predicted octanol–water partition coefficient (Wildman–Crippen LogP) is -0.452. The smallest absolute Gasteiger partial charge is 0.334 e. The SMILES string of the molecule is C=CC(=O)O.CC(O)COC(=O)C(C)O. The van der Waals surface area contributed by atoms with Crippen LogP contribution in [0.3, 0.4) is 0 Å². The third-order valence-corrected chi connectivity index (χ3v) is 0.983. The summed E-state index contributed by atoms with van der Waals surface area (Å²) >= 11 is 0. The molecule has 0 heterocycles. The summed E-state index contributed by atoms with van der Waals surface area (Å²) < 4.78 is 4.43. The number of aliphatic hydroxyl groups is 2. The van der Waals surface area contributed by atoms with Crippen LogP contribution in [0, 0.1) is 0 Å². The molecule has 15 heavy (non-hydrogen) atoms. The van der Waals surface area contributed by atoms with Gasteiger partial charge in [-0.1, -0.05) is 6.58 Å². The van der Waals surface area contributed by atoms with E-state index in [-0.39, 0.29) is 6.61 Å². The van der Waals surface area contributed by atoms with Crippen LogP contribution in [0.4, 0.5) is 0 Å². The van der Waals surface area contributed by atoms with Gasteiger partial charge in [0.15, 0.2) is 0 Å². The fraction of sp³-hybridized carbons (Fsp3) is 0.556. The quantitative estimate of drug-likeness (QED) is 0.438. The molecule has 0 aliphatic heterocycles. The zero-order valence-corrected chi connectivity index (χ0v) is 8.71. The van der Waals surface area contributed by atoms with Crippen molar-refractivity contribution in [1.29, 1.82) is 0 Å². The molecule has 0 fully saturated rings. The second kappa shape index (κ2) is 9.17. The molecule has 0 aromatic heterocycles. The summed E-state index contributed by atoms with van der Waals surface area (Å²) in [6.07, 6.45) is -0.957. The molecule has 0 radical (unpaired) electrons. The van der Waals surface area contributed by atoms with Gasteiger partial charge in [-0.25, -0.2) is 9.59 Å². The number of aliphatic carboxylic acids is 1. The summed E-state index contributed by atoms with van der Waals surface area (Å²) in [4.78, 5) is 19.7. The number of carbonyl (C=O) groups is 2. The van der Waals surface area contributed by atoms with Gasteiger partial charge < -0.3 is 20.1 Å². The molecule has 88 valence electrons. The van der Waals surface area contributed by atoms with E-state index >= 15 is 0 Å². The number of hydrogen-bond donors (Lipinski definition) is 3. The molecule has 0 aliphatic rings. The molecule has 0 saturated carbocycles. The van der Waals surface area contributed by atoms with Gasteiger partial charge in [-0.3, -0.25) is 0 Å². The minimum atomic E-state index is -1.11. The number of esters is 1. The van der Waals surface area contributed by atoms with E-state index in [4.69, 9.17) is 15.3 Å². The molecule has 0 rings (SSSR count). The lowest BCUT2D eigenvalue weighted by Crippen LogP contribution is -2.23. The molecular formula is C9H16O6. The average Bonchev–Trinajstić information content (AvgIpc) is 2.14. The van der Waals surface area contributed by atoms with Gasteiger partial charge in [-0.05, 0) is 13.8 Å². The summed E-state index contributed by atoms with van der Waals surface area (Å²) in [5, 5.41) is 24.8. The van der Waals surface area contributed by atoms with Gasteiger partial charge in [0, 0.05) is 6.08 Å². The lowest BCUT2D eigenvalue weighted by molar-refractivity contribution is -0.155. The van der Waals surface area contributed by atoms with Crippen LogP contribution in [-0.4, -0.2) is 46.1 Å². The molecule has 0 aromatic carbocycles. The van der Waals surface area contributed by atoms with Crippen molar-refractivity contribution in [2.24, 2.45) is 0 Å². The zero-order chi connectivity index (χ0) is 12.4. The Morgan fingerprint density at radius 1 is 1.40 bits per heavy atom. The number of rotatable bonds is 4. The highest BCUT2D eigenvalue weighted by Gasteiger charge is 2.10. The van der Waals surface area contributed by atoms with E-state index in [1.807, 2.05) is 0 Å². The molecule has 6 nitrogen and oxygen atoms in total. The van der Waals surface area contributed by atoms with E-state index in [0.29, 0.717) is 0 Å². The Balaban J connectivity index is 0. The molecule has 2 atom stereocenters. The summed E-state index contributed by atoms with van der Waals surface area (Å²) in [6.45, 7) is 5.70. The third-order valence-electron chi connectivity index (χ3n) is 0.983. The van der Waals surface area contributed by atoms with Crippen molar-refractivity contribution in [3.8, 4) is 0 Å². The monoisotopic (exact) mass is 220 g/mol. The molecule has 6 heteroatoms. The predicted molar refractivity (Wildman–Crippen MR) is 52.2 cm³/mol. The number of carboxylic acids is 1. The van der Waals surface area contributed by atoms with Gasteiger partial charge >= 0.3 is 11.9 Å². The van der Waals surface area contributed by atoms with Gasteiger partial charge in [-0.2, -0.15) is 0 Å². The van der Waals surface area contributed by atoms with Crippen LogP contribution < -0.4 is 0 Å². The topological polar surface area (TPSA) is 104 Å². The summed E-state index contributed by atoms with van der Waals surface area (Å²) in [6, 6.07) is 0. The van der Waals surface area contributed by atoms with Gasteiger partial charge in [0.25, 0.3) is 0 Å². The van der Waals surface area contributed by atoms with Gasteiger partial charge in [0.1, 0.15) is 12.7 Å². The minimum Gasteiger partial charge on any atom is -0.478 e. The number of hydrogen-bond acceptors (Lipinski definition) is 5. The van der Waals surface area contributed by atoms with E-state index in [0.717, 1.165) is 6.08 Å². The normalized spacial score (nSPS) is 12.8. The van der Waals surface area contributed by atoms with Crippen LogP contribution in [0.2, 0.25) is 0 Å². The number of ether oxygens (including phenoxy) is 1. The Hall–Kier alpha value is -1.40. The highest BCUT2D eigenvalue weighted by molar-refractivity contribution is 5.78. The molecule has 0 aliphatic carbocycles. The molecule has 0 bridgehead atoms. The second-order valence-electron chi connectivity index (χ2n) is 2.70. The fourth-order valence-electron chi connectivity index (χ4n) is 0.323. The molecular weight excluding hydrogens is 204 g/mol. The molecule has 0 saturated heterocycles. The lowest BCUT2D eigenvalue weighted by Gasteiger charge is -2.07. The number of carbonyl (C=O) groups excluding carboxylic acids is 1. The Kier molecular flexibility index (Phi) is 9.81. The van der Waals surface area contributed by atoms with Gasteiger partial charge in [0.2, 0.25) is 0 Å². The van der Waals surface area contributed by atoms with Crippen LogP contribution in [0.1, 0.15) is 13.8 Å². The molecule has 3 N–H and O–H groups in total. The van der Waals surface area contributed by atoms with Gasteiger partial charge in [0.05, 0.1) is 6.10 Å². The summed E-state index contributed by atoms with van der Waals surface area (Å²) in [5.74, 6) is -1.69. The molecule has 0 amide bonds. The van der Waals surface area contributed by atoms with E-state index in [1.165, 1.54) is 13.8 Å². The second-order valence-corrected chi connectivity index (χ2v) is 2.70. The number of aliphatic hydroxyl groups excluding tert-OH is 2. The van der Waals surface area contributed by atoms with Crippen LogP contribution in [-0.2, 0) is 14.3 Å². The Morgan fingerprint density at radius 2 is 1.80 bits per heavy atom. The van der Waals surface area contributed by atoms with E-state index in [2.05, 4.69) is 11.3 Å². The first kappa shape index (κ1) is 16.0. The van der Waals surface area contributed by atoms with Crippen molar-refractivity contribution in [1.82, 2.24) is 0 Å². The Morgan fingerprint density at radius 3 is 2.00 bits per heavy atom. The first-order valence-corrected chi connectivity index (χ1v) is 4.19. The molecule has 0 spiro atoms. The fourth-order valence-corrected chi connectivity index (χ4v) is 0.323. The first-order valence-electron chi connectivity index (χ1n) is 4.19. The highest BCUT2D eigenvalue weighted by atomic mass is 16.6. The molecule has 0 aromatic rings. The Bertz CT molecular complexity index is 209. The lowest BCUT2D eigenvalue weighted by atomic mass is 10.4. The van der Waals surface area contributed by atoms with Crippen LogP contribution in [0.5, 0.6) is 0 Å². The maximum Gasteiger partial charge on any atom is 0.334 e. The first-order chi connectivity index (χ1) is 6.81. The average molecular weight is 220 g/mol. The van der Waals surface area contributed by atoms with Crippen molar-refractivity contribution in [2.75, 3.05) is 6.61 Å². The Labute approximate surface area is 87.8 Å². The van der Waals surface area contributed by atoms with Crippen molar-refractivity contribution in [3.05, 3.63) is 12.7 Å². The highest BCUT2D eigenvalue weighted by Crippen LogP contribution is 1.88. The number of carboxylic acid groups (broad SMARTS) is 1. The summed E-state index contributed by atoms with van der Waals surface area (Å²) in [7, 11) is 0. The largest absolute Gasteiger partial charge is 0.478 e. The van der Waals surface area contributed by atoms with Crippen molar-refractivity contribution < 1.29 is 29.6 Å². The van der Waals surface area contributed by atoms with Gasteiger partial charge in [-0.15, -0.1) is 0 Å². The minimum absolute atomic E-state index is 0.0657. The van der Waals surface area contributed by atoms with Crippen molar-refractivity contribution in [3.63, 3.8) is 0 Å². The van der Waals surface area contributed by atoms with Crippen molar-refractivity contribution >= 4 is 11.9 Å². The molecule has 2 unspecified atom stereocenters. The maximum atomic E-state index is 10.5. The van der Waals surface area contributed by atoms with Crippen LogP contribution in [0.15, 0.2) is 12.7 Å². The van der Waals surface area contributed by atoms with Crippen LogP contribution in [0.25, 0.3) is 0 Å². The van der Waals surface area contributed by atoms with E-state index in [1.54, 1.807) is 0 Å². The van der Waals surface area contributed by atoms with E-state index in [9.17, 15) is 9.59 Å².